The molecular weight excluding hydrogens is 385 g/mol. The molecule has 0 N–H and O–H groups in total. The van der Waals surface area contributed by atoms with Crippen LogP contribution in [0.25, 0.3) is 8.97 Å². The molecule has 3 aliphatic rings. The number of rotatable bonds is 4. The topological polar surface area (TPSA) is 131 Å². The highest BCUT2D eigenvalue weighted by Gasteiger charge is 2.78. The van der Waals surface area contributed by atoms with Gasteiger partial charge in [-0.3, -0.25) is 9.03 Å². The van der Waals surface area contributed by atoms with Crippen LogP contribution in [0.5, 0.6) is 0 Å². The van der Waals surface area contributed by atoms with Crippen LogP contribution in [0.2, 0.25) is 0 Å². The number of carbonyl (C=O) groups is 1. The van der Waals surface area contributed by atoms with E-state index in [1.807, 2.05) is 0 Å². The van der Waals surface area contributed by atoms with Gasteiger partial charge >= 0.3 is 17.0 Å². The Morgan fingerprint density at radius 3 is 2.50 bits per heavy atom. The van der Waals surface area contributed by atoms with E-state index in [0.717, 1.165) is 0 Å². The fraction of sp³-hybridized carbons (Fsp3) is 0.778. The van der Waals surface area contributed by atoms with Crippen molar-refractivity contribution < 1.29 is 48.5 Å². The summed E-state index contributed by atoms with van der Waals surface area (Å²) in [6.45, 7) is 7.05. The summed E-state index contributed by atoms with van der Waals surface area (Å²) in [6.07, 6.45) is -5.52. The molecule has 5 unspecified atom stereocenters. The Morgan fingerprint density at radius 1 is 1.33 bits per heavy atom. The number of hydrogen-bond donors (Lipinski definition) is 0. The Balaban J connectivity index is 1.80. The summed E-state index contributed by atoms with van der Waals surface area (Å²) in [5.41, 5.74) is -7.57. The second-order valence-corrected chi connectivity index (χ2v) is 8.25. The van der Waals surface area contributed by atoms with Crippen LogP contribution in [0.4, 0.5) is 13.2 Å². The number of nitrogens with zero attached hydrogens (tertiary/aromatic N) is 2. The summed E-state index contributed by atoms with van der Waals surface area (Å²) in [5.74, 6) is -0.960. The largest absolute Gasteiger partial charge is 0.480 e. The summed E-state index contributed by atoms with van der Waals surface area (Å²) >= 11 is 0. The van der Waals surface area contributed by atoms with Gasteiger partial charge in [0.2, 0.25) is 10.3 Å². The Hall–Kier alpha value is -1.47. The molecule has 0 aliphatic carbocycles. The van der Waals surface area contributed by atoms with E-state index in [0.29, 0.717) is 0 Å². The summed E-state index contributed by atoms with van der Waals surface area (Å²) in [6, 6.07) is 0. The molecule has 10 nitrogen and oxygen atoms in total. The Labute approximate surface area is 133 Å². The number of esters is 1. The molecule has 15 heteroatoms. The maximum absolute atomic E-state index is 12.2. The van der Waals surface area contributed by atoms with Crippen LogP contribution in [-0.4, -0.2) is 58.3 Å². The van der Waals surface area contributed by atoms with E-state index in [1.165, 1.54) is 0 Å². The third-order valence-electron chi connectivity index (χ3n) is 3.80. The van der Waals surface area contributed by atoms with Crippen molar-refractivity contribution in [3.63, 3.8) is 0 Å². The van der Waals surface area contributed by atoms with Gasteiger partial charge in [0.25, 0.3) is 0 Å². The van der Waals surface area contributed by atoms with E-state index >= 15 is 0 Å². The van der Waals surface area contributed by atoms with Gasteiger partial charge in [-0.1, -0.05) is 0 Å². The molecule has 0 spiro atoms. The summed E-state index contributed by atoms with van der Waals surface area (Å²) < 4.78 is 97.3. The van der Waals surface area contributed by atoms with E-state index < -0.39 is 61.8 Å². The molecule has 0 saturated carbocycles. The molecule has 3 saturated heterocycles. The van der Waals surface area contributed by atoms with E-state index in [9.17, 15) is 34.8 Å². The van der Waals surface area contributed by atoms with E-state index in [-0.39, 0.29) is 6.42 Å². The molecule has 24 heavy (non-hydrogen) atoms. The van der Waals surface area contributed by atoms with Crippen molar-refractivity contribution in [2.75, 3.05) is 0 Å². The minimum Gasteiger partial charge on any atom is -0.450 e. The average molecular weight is 391 g/mol. The molecule has 134 valence electrons. The van der Waals surface area contributed by atoms with Gasteiger partial charge in [0.15, 0.2) is 22.2 Å². The lowest BCUT2D eigenvalue weighted by molar-refractivity contribution is -0.145. The SMILES string of the molecule is [C-]#[N+]C12CC3OC1C(OC2=O)C3OS(=O)(=O)[N-]S(=O)(=O)C(F)(F)F. The highest BCUT2D eigenvalue weighted by Crippen LogP contribution is 2.52. The van der Waals surface area contributed by atoms with Gasteiger partial charge in [0, 0.05) is 0 Å². The van der Waals surface area contributed by atoms with Crippen LogP contribution in [0.15, 0.2) is 0 Å². The average Bonchev–Trinajstić information content (AvgIpc) is 2.98. The fourth-order valence-electron chi connectivity index (χ4n) is 2.84. The van der Waals surface area contributed by atoms with Gasteiger partial charge in [-0.25, -0.2) is 28.2 Å². The number of ether oxygens (including phenoxy) is 2. The molecule has 3 fully saturated rings. The molecule has 3 aliphatic heterocycles. The number of carbonyl (C=O) groups excluding carboxylic acids is 1. The van der Waals surface area contributed by atoms with Gasteiger partial charge in [-0.15, -0.1) is 0 Å². The molecule has 2 bridgehead atoms. The minimum atomic E-state index is -6.34. The first-order chi connectivity index (χ1) is 10.8. The zero-order valence-electron chi connectivity index (χ0n) is 11.1. The smallest absolute Gasteiger partial charge is 0.450 e. The molecule has 3 heterocycles. The monoisotopic (exact) mass is 391 g/mol. The van der Waals surface area contributed by atoms with Crippen molar-refractivity contribution in [3.05, 3.63) is 15.5 Å². The molecule has 0 amide bonds. The Morgan fingerprint density at radius 2 is 1.96 bits per heavy atom. The third kappa shape index (κ3) is 2.29. The fourth-order valence-corrected chi connectivity index (χ4v) is 4.80. The number of alkyl halides is 3. The first-order valence-corrected chi connectivity index (χ1v) is 8.87. The quantitative estimate of drug-likeness (QED) is 0.467. The Bertz CT molecular complexity index is 847. The van der Waals surface area contributed by atoms with Crippen LogP contribution in [-0.2, 0) is 38.8 Å². The molecule has 5 atom stereocenters. The second kappa shape index (κ2) is 4.79. The standard InChI is InChI=1S/C9H6F3N2O8S2/c1-13-8-2-3-4(5(6(8)20-3)21-7(8)15)22-24(18,19)14-23(16,17)9(10,11)12/h3-6H,2H2/q-1. The van der Waals surface area contributed by atoms with Crippen molar-refractivity contribution >= 4 is 26.3 Å². The van der Waals surface area contributed by atoms with Crippen molar-refractivity contribution in [2.45, 2.75) is 41.9 Å². The summed E-state index contributed by atoms with van der Waals surface area (Å²) in [4.78, 5) is 14.9. The van der Waals surface area contributed by atoms with Crippen molar-refractivity contribution in [1.82, 2.24) is 0 Å². The lowest BCUT2D eigenvalue weighted by Crippen LogP contribution is -2.47. The van der Waals surface area contributed by atoms with Crippen molar-refractivity contribution in [1.29, 1.82) is 0 Å². The number of halogens is 3. The predicted molar refractivity (Wildman–Crippen MR) is 64.6 cm³/mol. The van der Waals surface area contributed by atoms with E-state index in [4.69, 9.17) is 16.0 Å². The van der Waals surface area contributed by atoms with E-state index in [2.05, 4.69) is 9.03 Å². The van der Waals surface area contributed by atoms with Crippen LogP contribution in [0.3, 0.4) is 0 Å². The van der Waals surface area contributed by atoms with Gasteiger partial charge < -0.3 is 13.6 Å². The van der Waals surface area contributed by atoms with Gasteiger partial charge in [0.05, 0.1) is 12.5 Å². The Kier molecular flexibility index (Phi) is 3.46. The zero-order valence-corrected chi connectivity index (χ0v) is 12.8. The minimum absolute atomic E-state index is 0.289. The second-order valence-electron chi connectivity index (χ2n) is 5.19. The molecule has 0 aromatic rings. The first kappa shape index (κ1) is 17.4. The molecule has 0 radical (unpaired) electrons. The van der Waals surface area contributed by atoms with Crippen LogP contribution >= 0.6 is 0 Å². The number of hydrogen-bond acceptors (Lipinski definition) is 8. The summed E-state index contributed by atoms with van der Waals surface area (Å²) in [7, 11) is -11.9. The lowest BCUT2D eigenvalue weighted by atomic mass is 9.82. The van der Waals surface area contributed by atoms with Crippen LogP contribution in [0.1, 0.15) is 6.42 Å². The van der Waals surface area contributed by atoms with Crippen LogP contribution < -0.4 is 0 Å². The molecule has 0 aromatic heterocycles. The molecular formula is C9H6F3N2O8S2-. The van der Waals surface area contributed by atoms with E-state index in [1.54, 1.807) is 4.13 Å². The third-order valence-corrected chi connectivity index (χ3v) is 6.37. The molecule has 3 rings (SSSR count). The first-order valence-electron chi connectivity index (χ1n) is 6.07. The van der Waals surface area contributed by atoms with Gasteiger partial charge in [-0.05, 0) is 0 Å². The van der Waals surface area contributed by atoms with Gasteiger partial charge in [0.1, 0.15) is 6.10 Å². The van der Waals surface area contributed by atoms with Crippen molar-refractivity contribution in [2.24, 2.45) is 0 Å². The zero-order chi connectivity index (χ0) is 18.1. The summed E-state index contributed by atoms with van der Waals surface area (Å²) in [5, 5.41) is 0. The predicted octanol–water partition coefficient (Wildman–Crippen LogP) is -0.406. The van der Waals surface area contributed by atoms with Crippen LogP contribution in [0, 0.1) is 6.57 Å². The van der Waals surface area contributed by atoms with Crippen molar-refractivity contribution in [3.8, 4) is 0 Å². The maximum Gasteiger partial charge on any atom is 0.480 e. The molecule has 0 aromatic carbocycles. The highest BCUT2D eigenvalue weighted by molar-refractivity contribution is 8.10. The normalized spacial score (nSPS) is 38.2. The van der Waals surface area contributed by atoms with Gasteiger partial charge in [-0.2, -0.15) is 13.2 Å². The highest BCUT2D eigenvalue weighted by atomic mass is 32.3. The number of fused-ring (bicyclic) bond motifs is 1. The maximum atomic E-state index is 12.2. The lowest BCUT2D eigenvalue weighted by Gasteiger charge is -2.27. The number of sulfonamides is 1.